The molecule has 2 aromatic rings. The lowest BCUT2D eigenvalue weighted by atomic mass is 10.3. The smallest absolute Gasteiger partial charge is 0.248 e. The van der Waals surface area contributed by atoms with Crippen LogP contribution in [0.15, 0.2) is 73.0 Å². The van der Waals surface area contributed by atoms with Gasteiger partial charge in [0.1, 0.15) is 12.4 Å². The highest BCUT2D eigenvalue weighted by Crippen LogP contribution is 2.18. The molecule has 0 unspecified atom stereocenters. The third kappa shape index (κ3) is 5.25. The lowest BCUT2D eigenvalue weighted by molar-refractivity contribution is -0.111. The second kappa shape index (κ2) is 8.42. The highest BCUT2D eigenvalue weighted by atomic mass is 16.5. The van der Waals surface area contributed by atoms with Crippen LogP contribution in [0.25, 0.3) is 0 Å². The Morgan fingerprint density at radius 3 is 2.91 bits per heavy atom. The van der Waals surface area contributed by atoms with E-state index in [1.165, 1.54) is 6.08 Å². The molecule has 2 rings (SSSR count). The van der Waals surface area contributed by atoms with E-state index in [1.54, 1.807) is 24.4 Å². The minimum atomic E-state index is -0.181. The van der Waals surface area contributed by atoms with Gasteiger partial charge < -0.3 is 10.1 Å². The van der Waals surface area contributed by atoms with Crippen LogP contribution in [-0.4, -0.2) is 10.9 Å². The molecule has 1 N–H and O–H groups in total. The summed E-state index contributed by atoms with van der Waals surface area (Å²) >= 11 is 0. The summed E-state index contributed by atoms with van der Waals surface area (Å²) in [5.41, 5.74) is 1.54. The molecular weight excluding hydrogens is 276 g/mol. The fourth-order valence-corrected chi connectivity index (χ4v) is 1.74. The topological polar surface area (TPSA) is 51.2 Å². The van der Waals surface area contributed by atoms with Crippen LogP contribution in [0.1, 0.15) is 12.6 Å². The highest BCUT2D eigenvalue weighted by molar-refractivity contribution is 5.99. The molecule has 4 nitrogen and oxygen atoms in total. The maximum absolute atomic E-state index is 11.7. The van der Waals surface area contributed by atoms with E-state index in [2.05, 4.69) is 10.3 Å². The first kappa shape index (κ1) is 15.5. The van der Waals surface area contributed by atoms with Crippen molar-refractivity contribution in [3.63, 3.8) is 0 Å². The molecule has 1 heterocycles. The summed E-state index contributed by atoms with van der Waals surface area (Å²) in [6.07, 6.45) is 8.55. The number of hydrogen-bond donors (Lipinski definition) is 1. The average molecular weight is 294 g/mol. The molecule has 0 atom stereocenters. The molecule has 1 amide bonds. The predicted molar refractivity (Wildman–Crippen MR) is 87.6 cm³/mol. The number of ether oxygens (including phenoxy) is 1. The van der Waals surface area contributed by atoms with Gasteiger partial charge >= 0.3 is 0 Å². The van der Waals surface area contributed by atoms with E-state index in [-0.39, 0.29) is 5.91 Å². The van der Waals surface area contributed by atoms with Crippen molar-refractivity contribution in [2.24, 2.45) is 0 Å². The second-order valence-electron chi connectivity index (χ2n) is 4.51. The first-order valence-corrected chi connectivity index (χ1v) is 7.01. The zero-order chi connectivity index (χ0) is 15.6. The molecule has 0 saturated heterocycles. The van der Waals surface area contributed by atoms with Crippen molar-refractivity contribution in [3.8, 4) is 5.75 Å². The lowest BCUT2D eigenvalue weighted by Crippen LogP contribution is -2.07. The van der Waals surface area contributed by atoms with Gasteiger partial charge in [-0.15, -0.1) is 0 Å². The van der Waals surface area contributed by atoms with Gasteiger partial charge in [-0.05, 0) is 31.2 Å². The van der Waals surface area contributed by atoms with Gasteiger partial charge in [-0.25, -0.2) is 0 Å². The van der Waals surface area contributed by atoms with Crippen molar-refractivity contribution < 1.29 is 9.53 Å². The normalized spacial score (nSPS) is 11.0. The molecule has 0 aliphatic heterocycles. The van der Waals surface area contributed by atoms with Crippen LogP contribution >= 0.6 is 0 Å². The molecule has 1 aromatic heterocycles. The zero-order valence-corrected chi connectivity index (χ0v) is 12.4. The standard InChI is InChI=1S/C18H18N2O2/c1-2-3-4-11-18(21)20-15-9-7-10-17(13-15)22-14-16-8-5-6-12-19-16/h2-13H,14H2,1H3,(H,20,21). The van der Waals surface area contributed by atoms with E-state index in [0.29, 0.717) is 18.0 Å². The Hall–Kier alpha value is -2.88. The van der Waals surface area contributed by atoms with Gasteiger partial charge in [0, 0.05) is 24.0 Å². The fourth-order valence-electron chi connectivity index (χ4n) is 1.74. The summed E-state index contributed by atoms with van der Waals surface area (Å²) in [6.45, 7) is 2.28. The van der Waals surface area contributed by atoms with E-state index < -0.39 is 0 Å². The first-order valence-electron chi connectivity index (χ1n) is 7.01. The molecule has 0 fully saturated rings. The van der Waals surface area contributed by atoms with Crippen LogP contribution in [0.2, 0.25) is 0 Å². The van der Waals surface area contributed by atoms with E-state index in [4.69, 9.17) is 4.74 Å². The number of pyridine rings is 1. The van der Waals surface area contributed by atoms with Crippen molar-refractivity contribution in [3.05, 3.63) is 78.7 Å². The van der Waals surface area contributed by atoms with Crippen LogP contribution < -0.4 is 10.1 Å². The lowest BCUT2D eigenvalue weighted by Gasteiger charge is -2.08. The molecule has 1 aromatic carbocycles. The summed E-state index contributed by atoms with van der Waals surface area (Å²) in [6, 6.07) is 12.9. The van der Waals surface area contributed by atoms with Crippen LogP contribution in [0.5, 0.6) is 5.75 Å². The number of amides is 1. The Morgan fingerprint density at radius 1 is 1.23 bits per heavy atom. The Kier molecular flexibility index (Phi) is 5.93. The summed E-state index contributed by atoms with van der Waals surface area (Å²) < 4.78 is 5.67. The Morgan fingerprint density at radius 2 is 2.14 bits per heavy atom. The molecule has 22 heavy (non-hydrogen) atoms. The van der Waals surface area contributed by atoms with Gasteiger partial charge in [-0.3, -0.25) is 9.78 Å². The SMILES string of the molecule is CC=CC=CC(=O)Nc1cccc(OCc2ccccn2)c1. The third-order valence-electron chi connectivity index (χ3n) is 2.77. The molecule has 0 spiro atoms. The molecule has 4 heteroatoms. The first-order chi connectivity index (χ1) is 10.8. The van der Waals surface area contributed by atoms with Crippen LogP contribution in [0.3, 0.4) is 0 Å². The summed E-state index contributed by atoms with van der Waals surface area (Å²) in [5, 5.41) is 2.78. The van der Waals surface area contributed by atoms with Crippen LogP contribution in [0.4, 0.5) is 5.69 Å². The van der Waals surface area contributed by atoms with Gasteiger partial charge in [0.2, 0.25) is 5.91 Å². The number of allylic oxidation sites excluding steroid dienone is 3. The minimum Gasteiger partial charge on any atom is -0.487 e. The van der Waals surface area contributed by atoms with Crippen molar-refractivity contribution in [1.82, 2.24) is 4.98 Å². The highest BCUT2D eigenvalue weighted by Gasteiger charge is 2.01. The quantitative estimate of drug-likeness (QED) is 0.652. The summed E-state index contributed by atoms with van der Waals surface area (Å²) in [5.74, 6) is 0.501. The van der Waals surface area contributed by atoms with Crippen molar-refractivity contribution >= 4 is 11.6 Å². The van der Waals surface area contributed by atoms with Crippen molar-refractivity contribution in [2.75, 3.05) is 5.32 Å². The molecule has 0 aliphatic carbocycles. The molecular formula is C18H18N2O2. The van der Waals surface area contributed by atoms with E-state index in [1.807, 2.05) is 49.4 Å². The largest absolute Gasteiger partial charge is 0.487 e. The number of carbonyl (C=O) groups is 1. The van der Waals surface area contributed by atoms with Crippen molar-refractivity contribution in [2.45, 2.75) is 13.5 Å². The molecule has 0 aliphatic rings. The maximum atomic E-state index is 11.7. The number of carbonyl (C=O) groups excluding carboxylic acids is 1. The Labute approximate surface area is 130 Å². The van der Waals surface area contributed by atoms with Gasteiger partial charge in [0.05, 0.1) is 5.69 Å². The average Bonchev–Trinajstić information content (AvgIpc) is 2.54. The number of rotatable bonds is 6. The predicted octanol–water partition coefficient (Wildman–Crippen LogP) is 3.73. The summed E-state index contributed by atoms with van der Waals surface area (Å²) in [7, 11) is 0. The van der Waals surface area contributed by atoms with Crippen molar-refractivity contribution in [1.29, 1.82) is 0 Å². The third-order valence-corrected chi connectivity index (χ3v) is 2.77. The monoisotopic (exact) mass is 294 g/mol. The van der Waals surface area contributed by atoms with E-state index in [9.17, 15) is 4.79 Å². The number of hydrogen-bond acceptors (Lipinski definition) is 3. The maximum Gasteiger partial charge on any atom is 0.248 e. The number of aromatic nitrogens is 1. The number of nitrogens with zero attached hydrogens (tertiary/aromatic N) is 1. The van der Waals surface area contributed by atoms with Crippen LogP contribution in [-0.2, 0) is 11.4 Å². The molecule has 0 radical (unpaired) electrons. The molecule has 0 bridgehead atoms. The van der Waals surface area contributed by atoms with Gasteiger partial charge in [0.15, 0.2) is 0 Å². The van der Waals surface area contributed by atoms with Gasteiger partial charge in [-0.1, -0.05) is 30.4 Å². The fraction of sp³-hybridized carbons (Fsp3) is 0.111. The number of benzene rings is 1. The van der Waals surface area contributed by atoms with Gasteiger partial charge in [-0.2, -0.15) is 0 Å². The summed E-state index contributed by atoms with van der Waals surface area (Å²) in [4.78, 5) is 15.9. The number of anilines is 1. The minimum absolute atomic E-state index is 0.181. The Bertz CT molecular complexity index is 664. The molecule has 112 valence electrons. The zero-order valence-electron chi connectivity index (χ0n) is 12.4. The second-order valence-corrected chi connectivity index (χ2v) is 4.51. The van der Waals surface area contributed by atoms with E-state index >= 15 is 0 Å². The van der Waals surface area contributed by atoms with E-state index in [0.717, 1.165) is 5.69 Å². The molecule has 0 saturated carbocycles. The number of nitrogens with one attached hydrogen (secondary N) is 1. The van der Waals surface area contributed by atoms with Crippen LogP contribution in [0, 0.1) is 0 Å². The van der Waals surface area contributed by atoms with Gasteiger partial charge in [0.25, 0.3) is 0 Å². The Balaban J connectivity index is 1.93.